The second-order valence-electron chi connectivity index (χ2n) is 7.24. The van der Waals surface area contributed by atoms with E-state index < -0.39 is 12.1 Å². The first kappa shape index (κ1) is 25.4. The average Bonchev–Trinajstić information content (AvgIpc) is 2.78. The maximum atomic E-state index is 13.3. The van der Waals surface area contributed by atoms with E-state index in [-0.39, 0.29) is 5.56 Å². The smallest absolute Gasteiger partial charge is 0.346 e. The molecule has 0 bridgehead atoms. The zero-order valence-corrected chi connectivity index (χ0v) is 22.2. The highest BCUT2D eigenvalue weighted by Gasteiger charge is 2.19. The van der Waals surface area contributed by atoms with Crippen LogP contribution < -0.4 is 10.3 Å². The molecule has 7 nitrogen and oxygen atoms in total. The number of halogens is 3. The van der Waals surface area contributed by atoms with Gasteiger partial charge in [0.25, 0.3) is 5.56 Å². The lowest BCUT2D eigenvalue weighted by Crippen LogP contribution is -2.25. The predicted molar refractivity (Wildman–Crippen MR) is 137 cm³/mol. The number of aryl methyl sites for hydroxylation is 1. The predicted octanol–water partition coefficient (Wildman–Crippen LogP) is 5.74. The second kappa shape index (κ2) is 11.3. The molecule has 0 spiro atoms. The van der Waals surface area contributed by atoms with Crippen LogP contribution in [-0.4, -0.2) is 35.1 Å². The van der Waals surface area contributed by atoms with E-state index in [1.807, 2.05) is 6.07 Å². The van der Waals surface area contributed by atoms with Crippen molar-refractivity contribution >= 4 is 66.5 Å². The molecule has 33 heavy (non-hydrogen) atoms. The Morgan fingerprint density at radius 2 is 2.06 bits per heavy atom. The molecule has 0 amide bonds. The highest BCUT2D eigenvalue weighted by Crippen LogP contribution is 2.33. The van der Waals surface area contributed by atoms with Crippen molar-refractivity contribution in [2.45, 2.75) is 39.2 Å². The van der Waals surface area contributed by atoms with Crippen LogP contribution in [0, 0.1) is 0 Å². The molecule has 0 unspecified atom stereocenters. The molecule has 10 heteroatoms. The fourth-order valence-corrected chi connectivity index (χ4v) is 4.41. The third-order valence-corrected chi connectivity index (χ3v) is 6.11. The van der Waals surface area contributed by atoms with Crippen LogP contribution in [0.15, 0.2) is 49.2 Å². The quantitative estimate of drug-likeness (QED) is 0.244. The lowest BCUT2D eigenvalue weighted by Gasteiger charge is -2.16. The maximum Gasteiger partial charge on any atom is 0.346 e. The number of methoxy groups -OCH3 is 1. The minimum atomic E-state index is -0.859. The van der Waals surface area contributed by atoms with Crippen LogP contribution in [0.5, 0.6) is 5.75 Å². The van der Waals surface area contributed by atoms with Crippen LogP contribution in [0.1, 0.15) is 38.1 Å². The number of ether oxygens (including phenoxy) is 2. The summed E-state index contributed by atoms with van der Waals surface area (Å²) in [5, 5.41) is 5.33. The van der Waals surface area contributed by atoms with Gasteiger partial charge in [0.05, 0.1) is 28.7 Å². The Bertz CT molecular complexity index is 1280. The molecular weight excluding hydrogens is 578 g/mol. The van der Waals surface area contributed by atoms with Crippen molar-refractivity contribution in [1.82, 2.24) is 9.66 Å². The molecule has 3 aromatic rings. The highest BCUT2D eigenvalue weighted by molar-refractivity contribution is 9.10. The molecule has 0 aliphatic carbocycles. The summed E-state index contributed by atoms with van der Waals surface area (Å²) in [5.74, 6) is 0.377. The number of nitrogens with zero attached hydrogens (tertiary/aromatic N) is 3. The van der Waals surface area contributed by atoms with Crippen molar-refractivity contribution in [3.8, 4) is 5.75 Å². The van der Waals surface area contributed by atoms with E-state index in [2.05, 4.69) is 48.9 Å². The monoisotopic (exact) mass is 597 g/mol. The lowest BCUT2D eigenvalue weighted by atomic mass is 10.2. The van der Waals surface area contributed by atoms with E-state index in [0.29, 0.717) is 44.0 Å². The van der Waals surface area contributed by atoms with Crippen LogP contribution in [0.25, 0.3) is 10.9 Å². The Morgan fingerprint density at radius 1 is 1.30 bits per heavy atom. The van der Waals surface area contributed by atoms with E-state index in [1.54, 1.807) is 31.2 Å². The summed E-state index contributed by atoms with van der Waals surface area (Å²) in [5.41, 5.74) is 0.810. The largest absolute Gasteiger partial charge is 0.477 e. The molecule has 1 heterocycles. The van der Waals surface area contributed by atoms with Gasteiger partial charge < -0.3 is 9.47 Å². The number of hydrogen-bond acceptors (Lipinski definition) is 6. The Hall–Kier alpha value is -2.23. The van der Waals surface area contributed by atoms with E-state index in [0.717, 1.165) is 17.3 Å². The molecular formula is C23H22Br2ClN3O4. The fraction of sp³-hybridized carbons (Fsp3) is 0.304. The second-order valence-corrected chi connectivity index (χ2v) is 9.45. The molecule has 3 rings (SSSR count). The van der Waals surface area contributed by atoms with E-state index in [9.17, 15) is 9.59 Å². The number of aromatic nitrogens is 2. The molecule has 0 radical (unpaired) electrons. The number of esters is 1. The number of carbonyl (C=O) groups excluding carboxylic acids is 1. The van der Waals surface area contributed by atoms with Gasteiger partial charge >= 0.3 is 5.97 Å². The average molecular weight is 600 g/mol. The van der Waals surface area contributed by atoms with Crippen molar-refractivity contribution < 1.29 is 14.3 Å². The normalized spacial score (nSPS) is 12.3. The van der Waals surface area contributed by atoms with Crippen LogP contribution >= 0.6 is 43.5 Å². The molecule has 0 aliphatic heterocycles. The van der Waals surface area contributed by atoms with Crippen LogP contribution in [0.3, 0.4) is 0 Å². The van der Waals surface area contributed by atoms with Gasteiger partial charge in [-0.25, -0.2) is 9.78 Å². The third-order valence-electron chi connectivity index (χ3n) is 4.81. The summed E-state index contributed by atoms with van der Waals surface area (Å²) in [4.78, 5) is 29.8. The maximum absolute atomic E-state index is 13.3. The molecule has 174 valence electrons. The minimum absolute atomic E-state index is 0.282. The van der Waals surface area contributed by atoms with Gasteiger partial charge in [0.15, 0.2) is 6.10 Å². The summed E-state index contributed by atoms with van der Waals surface area (Å²) >= 11 is 13.1. The number of benzene rings is 2. The fourth-order valence-electron chi connectivity index (χ4n) is 3.12. The summed E-state index contributed by atoms with van der Waals surface area (Å²) in [6.45, 7) is 3.64. The lowest BCUT2D eigenvalue weighted by molar-refractivity contribution is -0.147. The number of hydrogen-bond donors (Lipinski definition) is 0. The summed E-state index contributed by atoms with van der Waals surface area (Å²) < 4.78 is 13.2. The van der Waals surface area contributed by atoms with Crippen molar-refractivity contribution in [2.75, 3.05) is 7.11 Å². The van der Waals surface area contributed by atoms with Gasteiger partial charge in [-0.1, -0.05) is 40.9 Å². The third kappa shape index (κ3) is 6.02. The van der Waals surface area contributed by atoms with Crippen molar-refractivity contribution in [3.05, 3.63) is 66.0 Å². The van der Waals surface area contributed by atoms with Crippen molar-refractivity contribution in [1.29, 1.82) is 0 Å². The summed E-state index contributed by atoms with van der Waals surface area (Å²) in [6.07, 6.45) is 3.01. The molecule has 1 atom stereocenters. The Balaban J connectivity index is 2.12. The minimum Gasteiger partial charge on any atom is -0.477 e. The van der Waals surface area contributed by atoms with Gasteiger partial charge in [-0.2, -0.15) is 9.78 Å². The topological polar surface area (TPSA) is 82.8 Å². The van der Waals surface area contributed by atoms with Gasteiger partial charge in [-0.3, -0.25) is 4.79 Å². The first-order valence-electron chi connectivity index (χ1n) is 10.2. The zero-order valence-electron chi connectivity index (χ0n) is 18.3. The van der Waals surface area contributed by atoms with E-state index in [4.69, 9.17) is 21.1 Å². The molecule has 0 aliphatic rings. The molecule has 0 saturated carbocycles. The number of carbonyl (C=O) groups is 1. The summed E-state index contributed by atoms with van der Waals surface area (Å²) in [7, 11) is 1.29. The molecule has 1 aromatic heterocycles. The van der Waals surface area contributed by atoms with Gasteiger partial charge in [0.2, 0.25) is 0 Å². The Kier molecular flexibility index (Phi) is 8.67. The number of unbranched alkanes of at least 4 members (excludes halogenated alkanes) is 1. The Morgan fingerprint density at radius 3 is 2.76 bits per heavy atom. The van der Waals surface area contributed by atoms with E-state index >= 15 is 0 Å². The first-order chi connectivity index (χ1) is 15.7. The van der Waals surface area contributed by atoms with Crippen LogP contribution in [-0.2, 0) is 16.0 Å². The van der Waals surface area contributed by atoms with Crippen LogP contribution in [0.4, 0.5) is 0 Å². The van der Waals surface area contributed by atoms with E-state index in [1.165, 1.54) is 18.0 Å². The standard InChI is InChI=1S/C23H22Br2ClN3O4/c1-4-5-6-20-28-19-8-7-15(24)10-17(19)22(30)29(20)27-12-14-9-16(26)11-18(25)21(14)33-13(2)23(31)32-3/h7-13H,4-6H2,1-3H3/t13-/m0/s1. The van der Waals surface area contributed by atoms with Crippen LogP contribution in [0.2, 0.25) is 5.02 Å². The zero-order chi connectivity index (χ0) is 24.1. The number of fused-ring (bicyclic) bond motifs is 1. The van der Waals surface area contributed by atoms with Crippen molar-refractivity contribution in [3.63, 3.8) is 0 Å². The highest BCUT2D eigenvalue weighted by atomic mass is 79.9. The van der Waals surface area contributed by atoms with Gasteiger partial charge in [-0.05, 0) is 59.6 Å². The molecule has 2 aromatic carbocycles. The molecule has 0 N–H and O–H groups in total. The SMILES string of the molecule is CCCCc1nc2ccc(Br)cc2c(=O)n1N=Cc1cc(Cl)cc(Br)c1O[C@@H](C)C(=O)OC. The summed E-state index contributed by atoms with van der Waals surface area (Å²) in [6, 6.07) is 8.66. The van der Waals surface area contributed by atoms with Crippen molar-refractivity contribution in [2.24, 2.45) is 5.10 Å². The van der Waals surface area contributed by atoms with Gasteiger partial charge in [-0.15, -0.1) is 0 Å². The molecule has 0 fully saturated rings. The number of rotatable bonds is 8. The van der Waals surface area contributed by atoms with Gasteiger partial charge in [0.1, 0.15) is 11.6 Å². The molecule has 0 saturated heterocycles. The first-order valence-corrected chi connectivity index (χ1v) is 12.2. The van der Waals surface area contributed by atoms with Gasteiger partial charge in [0, 0.05) is 21.5 Å². The Labute approximate surface area is 213 Å².